The number of benzene rings is 1. The molecule has 6 heteroatoms. The molecule has 116 valence electrons. The first-order valence-electron chi connectivity index (χ1n) is 7.06. The number of carbonyl (C=O) groups is 1. The number of nitrogens with zero attached hydrogens (tertiary/aromatic N) is 1. The minimum Gasteiger partial charge on any atom is -0.486 e. The van der Waals surface area contributed by atoms with Crippen molar-refractivity contribution < 1.29 is 18.7 Å². The Kier molecular flexibility index (Phi) is 4.80. The Morgan fingerprint density at radius 2 is 1.86 bits per heavy atom. The highest BCUT2D eigenvalue weighted by atomic mass is 79.9. The molecule has 2 heterocycles. The first-order chi connectivity index (χ1) is 10.7. The van der Waals surface area contributed by atoms with Gasteiger partial charge in [-0.05, 0) is 36.4 Å². The Balaban J connectivity index is 1.58. The number of amides is 1. The van der Waals surface area contributed by atoms with Crippen LogP contribution in [0.15, 0.2) is 45.3 Å². The molecule has 1 aromatic carbocycles. The maximum atomic E-state index is 12.3. The molecule has 3 rings (SSSR count). The van der Waals surface area contributed by atoms with Gasteiger partial charge in [0.05, 0.1) is 13.2 Å². The van der Waals surface area contributed by atoms with Crippen LogP contribution in [0.4, 0.5) is 0 Å². The molecule has 0 spiro atoms. The van der Waals surface area contributed by atoms with E-state index in [1.807, 2.05) is 24.3 Å². The van der Waals surface area contributed by atoms with E-state index in [1.54, 1.807) is 17.0 Å². The molecular weight excluding hydrogens is 350 g/mol. The maximum Gasteiger partial charge on any atom is 0.289 e. The van der Waals surface area contributed by atoms with Gasteiger partial charge in [-0.25, -0.2) is 0 Å². The second-order valence-corrected chi connectivity index (χ2v) is 5.83. The van der Waals surface area contributed by atoms with Crippen LogP contribution in [0, 0.1) is 0 Å². The summed E-state index contributed by atoms with van der Waals surface area (Å²) in [5, 5.41) is 0. The molecule has 1 aromatic heterocycles. The van der Waals surface area contributed by atoms with Gasteiger partial charge >= 0.3 is 0 Å². The van der Waals surface area contributed by atoms with E-state index < -0.39 is 0 Å². The molecule has 5 nitrogen and oxygen atoms in total. The van der Waals surface area contributed by atoms with Gasteiger partial charge in [0.2, 0.25) is 0 Å². The highest BCUT2D eigenvalue weighted by Crippen LogP contribution is 2.18. The number of morpholine rings is 1. The lowest BCUT2D eigenvalue weighted by Gasteiger charge is -2.25. The molecule has 1 saturated heterocycles. The van der Waals surface area contributed by atoms with Crippen molar-refractivity contribution in [3.8, 4) is 5.75 Å². The highest BCUT2D eigenvalue weighted by Gasteiger charge is 2.21. The summed E-state index contributed by atoms with van der Waals surface area (Å²) < 4.78 is 17.4. The van der Waals surface area contributed by atoms with E-state index in [9.17, 15) is 4.79 Å². The molecule has 1 aliphatic heterocycles. The summed E-state index contributed by atoms with van der Waals surface area (Å²) in [6.07, 6.45) is 0. The fourth-order valence-electron chi connectivity index (χ4n) is 2.18. The van der Waals surface area contributed by atoms with Gasteiger partial charge in [-0.15, -0.1) is 0 Å². The number of rotatable bonds is 4. The molecule has 1 amide bonds. The molecule has 2 aromatic rings. The SMILES string of the molecule is O=C(c1ccc(COc2ccc(Br)cc2)o1)N1CCOCC1. The third kappa shape index (κ3) is 3.69. The van der Waals surface area contributed by atoms with Crippen molar-refractivity contribution in [2.75, 3.05) is 26.3 Å². The van der Waals surface area contributed by atoms with E-state index in [2.05, 4.69) is 15.9 Å². The Morgan fingerprint density at radius 3 is 2.59 bits per heavy atom. The molecule has 22 heavy (non-hydrogen) atoms. The molecule has 0 N–H and O–H groups in total. The van der Waals surface area contributed by atoms with Gasteiger partial charge in [-0.1, -0.05) is 15.9 Å². The van der Waals surface area contributed by atoms with Crippen LogP contribution >= 0.6 is 15.9 Å². The van der Waals surface area contributed by atoms with Gasteiger partial charge in [0.15, 0.2) is 5.76 Å². The van der Waals surface area contributed by atoms with Gasteiger partial charge < -0.3 is 18.8 Å². The van der Waals surface area contributed by atoms with Crippen LogP contribution in [0.1, 0.15) is 16.3 Å². The van der Waals surface area contributed by atoms with Crippen LogP contribution in [0.25, 0.3) is 0 Å². The minimum atomic E-state index is -0.0989. The molecule has 1 fully saturated rings. The highest BCUT2D eigenvalue weighted by molar-refractivity contribution is 9.10. The lowest BCUT2D eigenvalue weighted by Crippen LogP contribution is -2.40. The zero-order valence-electron chi connectivity index (χ0n) is 12.0. The van der Waals surface area contributed by atoms with Crippen molar-refractivity contribution in [1.82, 2.24) is 4.90 Å². The maximum absolute atomic E-state index is 12.3. The lowest BCUT2D eigenvalue weighted by atomic mass is 10.3. The number of hydrogen-bond donors (Lipinski definition) is 0. The molecule has 0 unspecified atom stereocenters. The summed E-state index contributed by atoms with van der Waals surface area (Å²) in [6.45, 7) is 2.64. The zero-order chi connectivity index (χ0) is 15.4. The molecule has 1 aliphatic rings. The molecule has 0 saturated carbocycles. The van der Waals surface area contributed by atoms with Crippen molar-refractivity contribution in [2.45, 2.75) is 6.61 Å². The molecule has 0 bridgehead atoms. The van der Waals surface area contributed by atoms with Crippen LogP contribution in [0.2, 0.25) is 0 Å². The van der Waals surface area contributed by atoms with Gasteiger partial charge in [-0.2, -0.15) is 0 Å². The van der Waals surface area contributed by atoms with E-state index in [4.69, 9.17) is 13.9 Å². The van der Waals surface area contributed by atoms with Crippen LogP contribution < -0.4 is 4.74 Å². The summed E-state index contributed by atoms with van der Waals surface area (Å²) in [6, 6.07) is 11.0. The molecular formula is C16H16BrNO4. The van der Waals surface area contributed by atoms with Crippen molar-refractivity contribution in [2.24, 2.45) is 0 Å². The van der Waals surface area contributed by atoms with Crippen molar-refractivity contribution in [3.05, 3.63) is 52.4 Å². The van der Waals surface area contributed by atoms with Crippen molar-refractivity contribution in [3.63, 3.8) is 0 Å². The predicted octanol–water partition coefficient (Wildman–Crippen LogP) is 3.09. The second kappa shape index (κ2) is 6.98. The average molecular weight is 366 g/mol. The fourth-order valence-corrected chi connectivity index (χ4v) is 2.44. The van der Waals surface area contributed by atoms with Crippen LogP contribution in [-0.2, 0) is 11.3 Å². The van der Waals surface area contributed by atoms with Gasteiger partial charge in [0.1, 0.15) is 18.1 Å². The Morgan fingerprint density at radius 1 is 1.14 bits per heavy atom. The third-order valence-electron chi connectivity index (χ3n) is 3.37. The van der Waals surface area contributed by atoms with Gasteiger partial charge in [0.25, 0.3) is 5.91 Å². The number of hydrogen-bond acceptors (Lipinski definition) is 4. The predicted molar refractivity (Wildman–Crippen MR) is 83.9 cm³/mol. The van der Waals surface area contributed by atoms with Gasteiger partial charge in [-0.3, -0.25) is 4.79 Å². The lowest BCUT2D eigenvalue weighted by molar-refractivity contribution is 0.0281. The van der Waals surface area contributed by atoms with E-state index in [0.29, 0.717) is 37.8 Å². The topological polar surface area (TPSA) is 51.9 Å². The quantitative estimate of drug-likeness (QED) is 0.835. The van der Waals surface area contributed by atoms with Crippen LogP contribution in [0.5, 0.6) is 5.75 Å². The average Bonchev–Trinajstić information content (AvgIpc) is 3.03. The van der Waals surface area contributed by atoms with E-state index >= 15 is 0 Å². The summed E-state index contributed by atoms with van der Waals surface area (Å²) >= 11 is 3.37. The Labute approximate surface area is 136 Å². The number of carbonyl (C=O) groups excluding carboxylic acids is 1. The molecule has 0 atom stereocenters. The second-order valence-electron chi connectivity index (χ2n) is 4.91. The molecule has 0 radical (unpaired) electrons. The summed E-state index contributed by atoms with van der Waals surface area (Å²) in [7, 11) is 0. The Bertz CT molecular complexity index is 632. The van der Waals surface area contributed by atoms with E-state index in [-0.39, 0.29) is 12.5 Å². The smallest absolute Gasteiger partial charge is 0.289 e. The standard InChI is InChI=1S/C16H16BrNO4/c17-12-1-3-13(4-2-12)21-11-14-5-6-15(22-14)16(19)18-7-9-20-10-8-18/h1-6H,7-11H2. The Hall–Kier alpha value is -1.79. The number of halogens is 1. The molecule has 0 aliphatic carbocycles. The first-order valence-corrected chi connectivity index (χ1v) is 7.86. The van der Waals surface area contributed by atoms with Gasteiger partial charge in [0, 0.05) is 17.6 Å². The van der Waals surface area contributed by atoms with Crippen LogP contribution in [-0.4, -0.2) is 37.1 Å². The summed E-state index contributed by atoms with van der Waals surface area (Å²) in [4.78, 5) is 14.0. The van der Waals surface area contributed by atoms with Crippen LogP contribution in [0.3, 0.4) is 0 Å². The van der Waals surface area contributed by atoms with E-state index in [0.717, 1.165) is 10.2 Å². The fraction of sp³-hybridized carbons (Fsp3) is 0.312. The largest absolute Gasteiger partial charge is 0.486 e. The minimum absolute atomic E-state index is 0.0989. The monoisotopic (exact) mass is 365 g/mol. The third-order valence-corrected chi connectivity index (χ3v) is 3.89. The first kappa shape index (κ1) is 15.1. The van der Waals surface area contributed by atoms with Crippen molar-refractivity contribution in [1.29, 1.82) is 0 Å². The van der Waals surface area contributed by atoms with E-state index in [1.165, 1.54) is 0 Å². The summed E-state index contributed by atoms with van der Waals surface area (Å²) in [5.41, 5.74) is 0. The number of furan rings is 1. The normalized spacial score (nSPS) is 14.9. The zero-order valence-corrected chi connectivity index (χ0v) is 13.5. The van der Waals surface area contributed by atoms with Crippen molar-refractivity contribution >= 4 is 21.8 Å². The summed E-state index contributed by atoms with van der Waals surface area (Å²) in [5.74, 6) is 1.62. The number of ether oxygens (including phenoxy) is 2.